The summed E-state index contributed by atoms with van der Waals surface area (Å²) in [6.07, 6.45) is 0. The summed E-state index contributed by atoms with van der Waals surface area (Å²) in [5.74, 6) is 0.138. The van der Waals surface area contributed by atoms with Crippen molar-refractivity contribution in [3.05, 3.63) is 44.2 Å². The zero-order valence-electron chi connectivity index (χ0n) is 9.73. The molecule has 0 bridgehead atoms. The van der Waals surface area contributed by atoms with Crippen LogP contribution in [0.2, 0.25) is 5.02 Å². The highest BCUT2D eigenvalue weighted by molar-refractivity contribution is 9.10. The van der Waals surface area contributed by atoms with Crippen LogP contribution in [0.4, 0.5) is 5.69 Å². The second kappa shape index (κ2) is 6.07. The van der Waals surface area contributed by atoms with Gasteiger partial charge < -0.3 is 9.52 Å². The smallest absolute Gasteiger partial charge is 0.266 e. The van der Waals surface area contributed by atoms with Gasteiger partial charge >= 0.3 is 0 Å². The van der Waals surface area contributed by atoms with Crippen LogP contribution in [-0.4, -0.2) is 13.5 Å². The molecule has 2 N–H and O–H groups in total. The van der Waals surface area contributed by atoms with Crippen LogP contribution in [0.3, 0.4) is 0 Å². The molecule has 2 aromatic rings. The summed E-state index contributed by atoms with van der Waals surface area (Å²) in [5, 5.41) is 9.20. The number of benzene rings is 1. The summed E-state index contributed by atoms with van der Waals surface area (Å²) in [6, 6.07) is 6.00. The third-order valence-electron chi connectivity index (χ3n) is 2.33. The van der Waals surface area contributed by atoms with E-state index in [-0.39, 0.29) is 26.0 Å². The lowest BCUT2D eigenvalue weighted by molar-refractivity contribution is 0.245. The van der Waals surface area contributed by atoms with Gasteiger partial charge in [-0.1, -0.05) is 27.5 Å². The van der Waals surface area contributed by atoms with Crippen molar-refractivity contribution in [1.29, 1.82) is 0 Å². The Morgan fingerprint density at radius 1 is 1.30 bits per heavy atom. The van der Waals surface area contributed by atoms with Crippen molar-refractivity contribution in [3.63, 3.8) is 0 Å². The van der Waals surface area contributed by atoms with Crippen LogP contribution >= 0.6 is 43.5 Å². The van der Waals surface area contributed by atoms with E-state index < -0.39 is 16.6 Å². The van der Waals surface area contributed by atoms with Gasteiger partial charge in [0.1, 0.15) is 17.3 Å². The molecule has 0 saturated heterocycles. The summed E-state index contributed by atoms with van der Waals surface area (Å²) < 4.78 is 32.6. The lowest BCUT2D eigenvalue weighted by Crippen LogP contribution is -2.13. The van der Waals surface area contributed by atoms with Crippen molar-refractivity contribution in [2.24, 2.45) is 0 Å². The van der Waals surface area contributed by atoms with Crippen LogP contribution in [0.1, 0.15) is 5.76 Å². The van der Waals surface area contributed by atoms with Gasteiger partial charge in [-0.25, -0.2) is 8.42 Å². The lowest BCUT2D eigenvalue weighted by atomic mass is 10.3. The van der Waals surface area contributed by atoms with E-state index in [0.717, 1.165) is 4.47 Å². The first-order valence-electron chi connectivity index (χ1n) is 5.20. The molecule has 1 aromatic heterocycles. The molecule has 2 rings (SSSR count). The molecule has 0 fully saturated rings. The summed E-state index contributed by atoms with van der Waals surface area (Å²) >= 11 is 12.2. The largest absolute Gasteiger partial charge is 0.450 e. The third-order valence-corrected chi connectivity index (χ3v) is 5.36. The fraction of sp³-hybridized carbons (Fsp3) is 0.0909. The zero-order valence-corrected chi connectivity index (χ0v) is 14.5. The van der Waals surface area contributed by atoms with Crippen molar-refractivity contribution in [2.45, 2.75) is 11.5 Å². The van der Waals surface area contributed by atoms with E-state index in [1.807, 2.05) is 0 Å². The number of hydrogen-bond acceptors (Lipinski definition) is 4. The minimum atomic E-state index is -3.87. The van der Waals surface area contributed by atoms with Crippen LogP contribution in [0, 0.1) is 0 Å². The molecule has 20 heavy (non-hydrogen) atoms. The molecular formula is C11H8Br2ClNO4S. The van der Waals surface area contributed by atoms with Gasteiger partial charge in [-0.05, 0) is 34.1 Å². The minimum absolute atomic E-state index is 0.0160. The van der Waals surface area contributed by atoms with Crippen molar-refractivity contribution in [3.8, 4) is 0 Å². The van der Waals surface area contributed by atoms with Gasteiger partial charge in [0.15, 0.2) is 4.67 Å². The topological polar surface area (TPSA) is 79.5 Å². The van der Waals surface area contributed by atoms with Gasteiger partial charge in [0.2, 0.25) is 0 Å². The fourth-order valence-corrected chi connectivity index (χ4v) is 4.29. The minimum Gasteiger partial charge on any atom is -0.450 e. The van der Waals surface area contributed by atoms with Gasteiger partial charge in [0.25, 0.3) is 10.0 Å². The molecule has 0 amide bonds. The Labute approximate surface area is 137 Å². The number of hydrogen-bond donors (Lipinski definition) is 2. The highest BCUT2D eigenvalue weighted by atomic mass is 79.9. The van der Waals surface area contributed by atoms with E-state index in [1.54, 1.807) is 12.1 Å². The van der Waals surface area contributed by atoms with E-state index in [0.29, 0.717) is 0 Å². The van der Waals surface area contributed by atoms with Crippen molar-refractivity contribution < 1.29 is 17.9 Å². The third kappa shape index (κ3) is 3.37. The van der Waals surface area contributed by atoms with Gasteiger partial charge in [0, 0.05) is 10.5 Å². The van der Waals surface area contributed by atoms with E-state index in [1.165, 1.54) is 12.1 Å². The zero-order chi connectivity index (χ0) is 14.9. The molecule has 0 spiro atoms. The molecule has 0 radical (unpaired) electrons. The fourth-order valence-electron chi connectivity index (χ4n) is 1.43. The number of aliphatic hydroxyl groups excluding tert-OH is 1. The Kier molecular flexibility index (Phi) is 4.80. The summed E-state index contributed by atoms with van der Waals surface area (Å²) in [7, 11) is -3.87. The van der Waals surface area contributed by atoms with Gasteiger partial charge in [-0.2, -0.15) is 0 Å². The summed E-state index contributed by atoms with van der Waals surface area (Å²) in [4.78, 5) is -0.111. The molecule has 1 heterocycles. The molecule has 0 unspecified atom stereocenters. The van der Waals surface area contributed by atoms with E-state index >= 15 is 0 Å². The van der Waals surface area contributed by atoms with Crippen LogP contribution in [0.5, 0.6) is 0 Å². The van der Waals surface area contributed by atoms with Crippen LogP contribution in [0.25, 0.3) is 0 Å². The number of furan rings is 1. The standard InChI is InChI=1S/C11H8Br2ClNO4S/c12-6-1-2-9(8(14)3-6)15-20(17,18)10-4-7(5-16)19-11(10)13/h1-4,15-16H,5H2. The van der Waals surface area contributed by atoms with Gasteiger partial charge in [-0.15, -0.1) is 0 Å². The Morgan fingerprint density at radius 3 is 2.55 bits per heavy atom. The van der Waals surface area contributed by atoms with Crippen molar-refractivity contribution in [1.82, 2.24) is 0 Å². The number of rotatable bonds is 4. The maximum atomic E-state index is 12.2. The Morgan fingerprint density at radius 2 is 2.00 bits per heavy atom. The number of aliphatic hydroxyl groups is 1. The Balaban J connectivity index is 2.38. The number of halogens is 3. The first-order chi connectivity index (χ1) is 9.33. The molecule has 5 nitrogen and oxygen atoms in total. The number of sulfonamides is 1. The molecule has 1 aromatic carbocycles. The van der Waals surface area contributed by atoms with Crippen LogP contribution in [0.15, 0.2) is 42.7 Å². The molecular weight excluding hydrogens is 437 g/mol. The van der Waals surface area contributed by atoms with E-state index in [9.17, 15) is 8.42 Å². The molecule has 0 atom stereocenters. The monoisotopic (exact) mass is 443 g/mol. The molecule has 0 aliphatic carbocycles. The molecule has 0 aliphatic heterocycles. The van der Waals surface area contributed by atoms with E-state index in [4.69, 9.17) is 21.1 Å². The predicted octanol–water partition coefficient (Wildman–Crippen LogP) is 3.75. The molecule has 9 heteroatoms. The van der Waals surface area contributed by atoms with Gasteiger partial charge in [0.05, 0.1) is 10.7 Å². The summed E-state index contributed by atoms with van der Waals surface area (Å²) in [6.45, 7) is -0.396. The number of nitrogens with one attached hydrogen (secondary N) is 1. The lowest BCUT2D eigenvalue weighted by Gasteiger charge is -2.08. The Hall–Kier alpha value is -0.540. The van der Waals surface area contributed by atoms with E-state index in [2.05, 4.69) is 36.6 Å². The van der Waals surface area contributed by atoms with Gasteiger partial charge in [-0.3, -0.25) is 4.72 Å². The Bertz CT molecular complexity index is 745. The molecule has 108 valence electrons. The number of anilines is 1. The summed E-state index contributed by atoms with van der Waals surface area (Å²) in [5.41, 5.74) is 0.244. The first-order valence-corrected chi connectivity index (χ1v) is 8.65. The second-order valence-corrected chi connectivity index (χ2v) is 7.43. The average molecular weight is 446 g/mol. The quantitative estimate of drug-likeness (QED) is 0.751. The maximum Gasteiger partial charge on any atom is 0.266 e. The highest BCUT2D eigenvalue weighted by Crippen LogP contribution is 2.31. The normalized spacial score (nSPS) is 11.6. The van der Waals surface area contributed by atoms with Crippen LogP contribution in [-0.2, 0) is 16.6 Å². The SMILES string of the molecule is O=S(=O)(Nc1ccc(Br)cc1Cl)c1cc(CO)oc1Br. The molecule has 0 saturated carbocycles. The maximum absolute atomic E-state index is 12.2. The molecule has 0 aliphatic rings. The first kappa shape index (κ1) is 15.8. The van der Waals surface area contributed by atoms with Crippen molar-refractivity contribution >= 4 is 59.2 Å². The average Bonchev–Trinajstić information content (AvgIpc) is 2.75. The highest BCUT2D eigenvalue weighted by Gasteiger charge is 2.23. The predicted molar refractivity (Wildman–Crippen MR) is 82.3 cm³/mol. The van der Waals surface area contributed by atoms with Crippen molar-refractivity contribution in [2.75, 3.05) is 4.72 Å². The second-order valence-electron chi connectivity index (χ2n) is 3.74. The van der Waals surface area contributed by atoms with Crippen LogP contribution < -0.4 is 4.72 Å².